The number of carbonyl (C=O) groups is 1. The van der Waals surface area contributed by atoms with Crippen molar-refractivity contribution in [2.24, 2.45) is 5.92 Å². The SMILES string of the molecule is CC(C)Cc1cc(-c2ccc(C[C@@H](C)NC[C@H](O)c3ccccc3)cc2)ccc1C(=O)NS(C)(=O)=O. The molecule has 0 saturated heterocycles. The Kier molecular flexibility index (Phi) is 9.43. The van der Waals surface area contributed by atoms with E-state index < -0.39 is 22.0 Å². The molecule has 0 aliphatic rings. The van der Waals surface area contributed by atoms with Crippen molar-refractivity contribution < 1.29 is 18.3 Å². The van der Waals surface area contributed by atoms with Gasteiger partial charge in [-0.05, 0) is 59.6 Å². The molecular weight excluding hydrogens is 472 g/mol. The van der Waals surface area contributed by atoms with E-state index in [1.165, 1.54) is 5.56 Å². The minimum atomic E-state index is -3.64. The summed E-state index contributed by atoms with van der Waals surface area (Å²) >= 11 is 0. The summed E-state index contributed by atoms with van der Waals surface area (Å²) in [6.07, 6.45) is 1.92. The van der Waals surface area contributed by atoms with Gasteiger partial charge in [-0.2, -0.15) is 0 Å². The van der Waals surface area contributed by atoms with Gasteiger partial charge in [-0.1, -0.05) is 80.6 Å². The van der Waals surface area contributed by atoms with Crippen molar-refractivity contribution in [2.75, 3.05) is 12.8 Å². The number of carbonyl (C=O) groups excluding carboxylic acids is 1. The highest BCUT2D eigenvalue weighted by Gasteiger charge is 2.17. The Morgan fingerprint density at radius 3 is 2.14 bits per heavy atom. The molecule has 2 atom stereocenters. The number of sulfonamides is 1. The first kappa shape index (κ1) is 27.6. The second-order valence-corrected chi connectivity index (χ2v) is 11.6. The predicted octanol–water partition coefficient (Wildman–Crippen LogP) is 4.50. The van der Waals surface area contributed by atoms with Crippen molar-refractivity contribution in [1.82, 2.24) is 10.0 Å². The van der Waals surface area contributed by atoms with Gasteiger partial charge in [0.2, 0.25) is 10.0 Å². The van der Waals surface area contributed by atoms with Crippen LogP contribution in [0.4, 0.5) is 0 Å². The summed E-state index contributed by atoms with van der Waals surface area (Å²) in [4.78, 5) is 12.5. The smallest absolute Gasteiger partial charge is 0.264 e. The molecule has 0 bridgehead atoms. The van der Waals surface area contributed by atoms with Crippen molar-refractivity contribution in [3.63, 3.8) is 0 Å². The third-order valence-electron chi connectivity index (χ3n) is 5.93. The van der Waals surface area contributed by atoms with Crippen molar-refractivity contribution in [1.29, 1.82) is 0 Å². The standard InChI is InChI=1S/C29H36N2O4S/c1-20(2)16-26-18-25(14-15-27(26)29(33)31-36(4,34)35)23-12-10-22(11-13-23)17-21(3)30-19-28(32)24-8-6-5-7-9-24/h5-15,18,20-21,28,30,32H,16-17,19H2,1-4H3,(H,31,33)/t21-,28+/m1/s1. The van der Waals surface area contributed by atoms with E-state index in [0.29, 0.717) is 24.4 Å². The Hall–Kier alpha value is -3.00. The van der Waals surface area contributed by atoms with Gasteiger partial charge < -0.3 is 10.4 Å². The summed E-state index contributed by atoms with van der Waals surface area (Å²) in [6, 6.07) is 23.7. The lowest BCUT2D eigenvalue weighted by molar-refractivity contribution is 0.0980. The highest BCUT2D eigenvalue weighted by atomic mass is 32.2. The second kappa shape index (κ2) is 12.3. The predicted molar refractivity (Wildman–Crippen MR) is 145 cm³/mol. The van der Waals surface area contributed by atoms with Crippen LogP contribution in [-0.2, 0) is 22.9 Å². The molecule has 3 aromatic rings. The van der Waals surface area contributed by atoms with Crippen molar-refractivity contribution in [3.8, 4) is 11.1 Å². The van der Waals surface area contributed by atoms with Gasteiger partial charge in [-0.15, -0.1) is 0 Å². The van der Waals surface area contributed by atoms with Crippen LogP contribution in [0, 0.1) is 5.92 Å². The molecule has 0 radical (unpaired) electrons. The number of amides is 1. The van der Waals surface area contributed by atoms with Gasteiger partial charge >= 0.3 is 0 Å². The van der Waals surface area contributed by atoms with Crippen molar-refractivity contribution in [2.45, 2.75) is 45.8 Å². The van der Waals surface area contributed by atoms with E-state index in [9.17, 15) is 18.3 Å². The Bertz CT molecular complexity index is 1260. The van der Waals surface area contributed by atoms with E-state index in [4.69, 9.17) is 0 Å². The zero-order chi connectivity index (χ0) is 26.3. The monoisotopic (exact) mass is 508 g/mol. The molecule has 0 aliphatic heterocycles. The average Bonchev–Trinajstić information content (AvgIpc) is 2.82. The van der Waals surface area contributed by atoms with E-state index in [2.05, 4.69) is 55.1 Å². The van der Waals surface area contributed by atoms with Crippen LogP contribution in [0.5, 0.6) is 0 Å². The Morgan fingerprint density at radius 1 is 0.889 bits per heavy atom. The normalized spacial score (nSPS) is 13.4. The zero-order valence-corrected chi connectivity index (χ0v) is 22.2. The first-order valence-electron chi connectivity index (χ1n) is 12.2. The Balaban J connectivity index is 1.68. The molecule has 0 aliphatic carbocycles. The summed E-state index contributed by atoms with van der Waals surface area (Å²) in [5.41, 5.74) is 5.29. The number of aliphatic hydroxyl groups is 1. The topological polar surface area (TPSA) is 95.5 Å². The molecule has 3 N–H and O–H groups in total. The Morgan fingerprint density at radius 2 is 1.53 bits per heavy atom. The van der Waals surface area contributed by atoms with Gasteiger partial charge in [0, 0.05) is 18.2 Å². The molecule has 0 unspecified atom stereocenters. The van der Waals surface area contributed by atoms with Gasteiger partial charge in [0.05, 0.1) is 12.4 Å². The molecule has 36 heavy (non-hydrogen) atoms. The Labute approximate surface area is 214 Å². The third kappa shape index (κ3) is 8.29. The highest BCUT2D eigenvalue weighted by Crippen LogP contribution is 2.25. The molecule has 7 heteroatoms. The number of hydrogen-bond donors (Lipinski definition) is 3. The highest BCUT2D eigenvalue weighted by molar-refractivity contribution is 7.89. The fourth-order valence-corrected chi connectivity index (χ4v) is 4.64. The quantitative estimate of drug-likeness (QED) is 0.355. The lowest BCUT2D eigenvalue weighted by Gasteiger charge is -2.18. The van der Waals surface area contributed by atoms with Crippen LogP contribution >= 0.6 is 0 Å². The maximum atomic E-state index is 12.5. The molecule has 0 saturated carbocycles. The van der Waals surface area contributed by atoms with Crippen LogP contribution in [0.3, 0.4) is 0 Å². The van der Waals surface area contributed by atoms with Gasteiger partial charge in [-0.3, -0.25) is 4.79 Å². The van der Waals surface area contributed by atoms with Crippen LogP contribution in [0.1, 0.15) is 53.9 Å². The van der Waals surface area contributed by atoms with Gasteiger partial charge in [0.25, 0.3) is 5.91 Å². The summed E-state index contributed by atoms with van der Waals surface area (Å²) in [7, 11) is -3.64. The van der Waals surface area contributed by atoms with E-state index >= 15 is 0 Å². The van der Waals surface area contributed by atoms with Crippen molar-refractivity contribution in [3.05, 3.63) is 95.1 Å². The molecule has 3 rings (SSSR count). The summed E-state index contributed by atoms with van der Waals surface area (Å²) in [5.74, 6) is -0.296. The average molecular weight is 509 g/mol. The van der Waals surface area contributed by atoms with Crippen LogP contribution in [0.15, 0.2) is 72.8 Å². The first-order valence-corrected chi connectivity index (χ1v) is 14.1. The molecule has 0 aromatic heterocycles. The maximum absolute atomic E-state index is 12.5. The minimum Gasteiger partial charge on any atom is -0.387 e. The van der Waals surface area contributed by atoms with Crippen LogP contribution in [-0.4, -0.2) is 38.3 Å². The van der Waals surface area contributed by atoms with E-state index in [-0.39, 0.29) is 6.04 Å². The number of nitrogens with one attached hydrogen (secondary N) is 2. The molecular formula is C29H36N2O4S. The lowest BCUT2D eigenvalue weighted by Crippen LogP contribution is -2.32. The lowest BCUT2D eigenvalue weighted by atomic mass is 9.93. The zero-order valence-electron chi connectivity index (χ0n) is 21.4. The van der Waals surface area contributed by atoms with E-state index in [0.717, 1.165) is 34.9 Å². The summed E-state index contributed by atoms with van der Waals surface area (Å²) in [6.45, 7) is 6.72. The summed E-state index contributed by atoms with van der Waals surface area (Å²) in [5, 5.41) is 13.8. The van der Waals surface area contributed by atoms with Crippen LogP contribution in [0.25, 0.3) is 11.1 Å². The van der Waals surface area contributed by atoms with Crippen LogP contribution < -0.4 is 10.0 Å². The van der Waals surface area contributed by atoms with Gasteiger partial charge in [-0.25, -0.2) is 13.1 Å². The third-order valence-corrected chi connectivity index (χ3v) is 6.49. The van der Waals surface area contributed by atoms with Crippen molar-refractivity contribution >= 4 is 15.9 Å². The number of rotatable bonds is 11. The van der Waals surface area contributed by atoms with Gasteiger partial charge in [0.1, 0.15) is 0 Å². The maximum Gasteiger partial charge on any atom is 0.264 e. The number of hydrogen-bond acceptors (Lipinski definition) is 5. The van der Waals surface area contributed by atoms with E-state index in [1.807, 2.05) is 42.5 Å². The fraction of sp³-hybridized carbons (Fsp3) is 0.345. The summed E-state index contributed by atoms with van der Waals surface area (Å²) < 4.78 is 25.1. The molecule has 0 fully saturated rings. The van der Waals surface area contributed by atoms with E-state index in [1.54, 1.807) is 6.07 Å². The van der Waals surface area contributed by atoms with Gasteiger partial charge in [0.15, 0.2) is 0 Å². The second-order valence-electron chi connectivity index (χ2n) is 9.81. The first-order chi connectivity index (χ1) is 17.0. The number of benzene rings is 3. The number of aliphatic hydroxyl groups excluding tert-OH is 1. The molecule has 0 spiro atoms. The largest absolute Gasteiger partial charge is 0.387 e. The minimum absolute atomic E-state index is 0.194. The molecule has 0 heterocycles. The molecule has 192 valence electrons. The molecule has 1 amide bonds. The van der Waals surface area contributed by atoms with Crippen LogP contribution in [0.2, 0.25) is 0 Å². The molecule has 3 aromatic carbocycles. The fourth-order valence-electron chi connectivity index (χ4n) is 4.19. The molecule has 6 nitrogen and oxygen atoms in total.